The molecule has 1 aromatic carbocycles. The monoisotopic (exact) mass is 331 g/mol. The summed E-state index contributed by atoms with van der Waals surface area (Å²) in [7, 11) is 0. The van der Waals surface area contributed by atoms with Gasteiger partial charge in [0, 0.05) is 13.0 Å². The van der Waals surface area contributed by atoms with Crippen LogP contribution in [0.15, 0.2) is 36.7 Å². The lowest BCUT2D eigenvalue weighted by atomic mass is 10.1. The van der Waals surface area contributed by atoms with Gasteiger partial charge in [-0.05, 0) is 29.8 Å². The van der Waals surface area contributed by atoms with Crippen molar-refractivity contribution in [3.63, 3.8) is 0 Å². The van der Waals surface area contributed by atoms with Gasteiger partial charge in [0.15, 0.2) is 0 Å². The number of aromatic nitrogens is 4. The van der Waals surface area contributed by atoms with Gasteiger partial charge in [-0.25, -0.2) is 4.68 Å². The predicted molar refractivity (Wildman–Crippen MR) is 85.9 cm³/mol. The van der Waals surface area contributed by atoms with Crippen LogP contribution < -0.4 is 5.32 Å². The molecule has 2 rings (SSSR count). The molecule has 128 valence electrons. The standard InChI is InChI=1S/C16H21N5O3/c1-12(2)24-15(22)8-9-17-16(23)14(21-11-18-19-20-21)10-13-6-4-3-5-7-13/h3-7,11-12,14H,8-10H2,1-2H3,(H,17,23). The summed E-state index contributed by atoms with van der Waals surface area (Å²) in [5, 5.41) is 13.7. The number of rotatable bonds is 8. The fourth-order valence-electron chi connectivity index (χ4n) is 2.18. The summed E-state index contributed by atoms with van der Waals surface area (Å²) in [6.45, 7) is 3.77. The number of esters is 1. The van der Waals surface area contributed by atoms with Crippen LogP contribution in [0, 0.1) is 0 Å². The third-order valence-electron chi connectivity index (χ3n) is 3.25. The maximum absolute atomic E-state index is 12.5. The van der Waals surface area contributed by atoms with Crippen molar-refractivity contribution in [2.75, 3.05) is 6.54 Å². The molecule has 0 aliphatic rings. The highest BCUT2D eigenvalue weighted by Crippen LogP contribution is 2.13. The van der Waals surface area contributed by atoms with E-state index in [0.29, 0.717) is 6.42 Å². The lowest BCUT2D eigenvalue weighted by Crippen LogP contribution is -2.35. The van der Waals surface area contributed by atoms with E-state index in [0.717, 1.165) is 5.56 Å². The number of tetrazole rings is 1. The molecule has 2 aromatic rings. The second-order valence-electron chi connectivity index (χ2n) is 5.57. The van der Waals surface area contributed by atoms with Crippen LogP contribution in [0.5, 0.6) is 0 Å². The fourth-order valence-corrected chi connectivity index (χ4v) is 2.18. The van der Waals surface area contributed by atoms with Gasteiger partial charge >= 0.3 is 5.97 Å². The Bertz CT molecular complexity index is 643. The molecule has 1 aromatic heterocycles. The topological polar surface area (TPSA) is 99.0 Å². The molecule has 1 unspecified atom stereocenters. The second-order valence-corrected chi connectivity index (χ2v) is 5.57. The van der Waals surface area contributed by atoms with Gasteiger partial charge in [-0.1, -0.05) is 30.3 Å². The Labute approximate surface area is 140 Å². The van der Waals surface area contributed by atoms with E-state index in [1.807, 2.05) is 30.3 Å². The zero-order chi connectivity index (χ0) is 17.4. The third-order valence-corrected chi connectivity index (χ3v) is 3.25. The van der Waals surface area contributed by atoms with Gasteiger partial charge in [-0.15, -0.1) is 5.10 Å². The Morgan fingerprint density at radius 3 is 2.62 bits per heavy atom. The molecule has 8 nitrogen and oxygen atoms in total. The average molecular weight is 331 g/mol. The van der Waals surface area contributed by atoms with Crippen molar-refractivity contribution in [2.45, 2.75) is 38.8 Å². The van der Waals surface area contributed by atoms with E-state index in [2.05, 4.69) is 20.8 Å². The van der Waals surface area contributed by atoms with E-state index in [1.54, 1.807) is 13.8 Å². The molecule has 0 aliphatic carbocycles. The first-order valence-corrected chi connectivity index (χ1v) is 7.80. The van der Waals surface area contributed by atoms with Gasteiger partial charge in [-0.2, -0.15) is 0 Å². The van der Waals surface area contributed by atoms with Crippen molar-refractivity contribution in [1.82, 2.24) is 25.5 Å². The van der Waals surface area contributed by atoms with Crippen molar-refractivity contribution in [3.05, 3.63) is 42.2 Å². The van der Waals surface area contributed by atoms with Crippen LogP contribution >= 0.6 is 0 Å². The van der Waals surface area contributed by atoms with Crippen LogP contribution in [0.1, 0.15) is 31.9 Å². The Hall–Kier alpha value is -2.77. The predicted octanol–water partition coefficient (Wildman–Crippen LogP) is 0.915. The summed E-state index contributed by atoms with van der Waals surface area (Å²) >= 11 is 0. The summed E-state index contributed by atoms with van der Waals surface area (Å²) in [6, 6.07) is 9.02. The van der Waals surface area contributed by atoms with Crippen LogP contribution in [0.3, 0.4) is 0 Å². The number of hydrogen-bond acceptors (Lipinski definition) is 6. The molecule has 8 heteroatoms. The van der Waals surface area contributed by atoms with Gasteiger partial charge in [0.05, 0.1) is 12.5 Å². The minimum Gasteiger partial charge on any atom is -0.463 e. The first-order chi connectivity index (χ1) is 11.6. The summed E-state index contributed by atoms with van der Waals surface area (Å²) in [6.07, 6.45) is 1.81. The lowest BCUT2D eigenvalue weighted by Gasteiger charge is -2.16. The number of nitrogens with one attached hydrogen (secondary N) is 1. The summed E-state index contributed by atoms with van der Waals surface area (Å²) < 4.78 is 6.44. The zero-order valence-corrected chi connectivity index (χ0v) is 13.8. The van der Waals surface area contributed by atoms with Crippen molar-refractivity contribution >= 4 is 11.9 Å². The molecule has 0 saturated heterocycles. The van der Waals surface area contributed by atoms with E-state index < -0.39 is 6.04 Å². The van der Waals surface area contributed by atoms with Crippen molar-refractivity contribution in [1.29, 1.82) is 0 Å². The Kier molecular flexibility index (Phi) is 6.41. The molecule has 0 aliphatic heterocycles. The highest BCUT2D eigenvalue weighted by atomic mass is 16.5. The Morgan fingerprint density at radius 1 is 1.25 bits per heavy atom. The SMILES string of the molecule is CC(C)OC(=O)CCNC(=O)C(Cc1ccccc1)n1cnnn1. The number of amides is 1. The summed E-state index contributed by atoms with van der Waals surface area (Å²) in [4.78, 5) is 24.0. The van der Waals surface area contributed by atoms with E-state index in [9.17, 15) is 9.59 Å². The van der Waals surface area contributed by atoms with Crippen molar-refractivity contribution in [2.24, 2.45) is 0 Å². The number of benzene rings is 1. The number of hydrogen-bond donors (Lipinski definition) is 1. The lowest BCUT2D eigenvalue weighted by molar-refractivity contribution is -0.147. The number of carbonyl (C=O) groups excluding carboxylic acids is 2. The van der Waals surface area contributed by atoms with Gasteiger partial charge in [0.2, 0.25) is 5.91 Å². The minimum absolute atomic E-state index is 0.123. The molecule has 1 heterocycles. The Morgan fingerprint density at radius 2 is 2.00 bits per heavy atom. The molecule has 24 heavy (non-hydrogen) atoms. The molecule has 0 fully saturated rings. The maximum atomic E-state index is 12.5. The van der Waals surface area contributed by atoms with Crippen LogP contribution in [0.2, 0.25) is 0 Å². The largest absolute Gasteiger partial charge is 0.463 e. The van der Waals surface area contributed by atoms with Crippen LogP contribution in [-0.4, -0.2) is 44.7 Å². The van der Waals surface area contributed by atoms with Crippen LogP contribution in [0.4, 0.5) is 0 Å². The average Bonchev–Trinajstić information content (AvgIpc) is 3.07. The van der Waals surface area contributed by atoms with E-state index >= 15 is 0 Å². The van der Waals surface area contributed by atoms with Gasteiger partial charge in [-0.3, -0.25) is 9.59 Å². The van der Waals surface area contributed by atoms with Crippen LogP contribution in [0.25, 0.3) is 0 Å². The van der Waals surface area contributed by atoms with E-state index in [4.69, 9.17) is 4.74 Å². The first kappa shape index (κ1) is 17.6. The molecule has 0 bridgehead atoms. The molecule has 1 atom stereocenters. The number of carbonyl (C=O) groups is 2. The van der Waals surface area contributed by atoms with Crippen LogP contribution in [-0.2, 0) is 20.7 Å². The number of nitrogens with zero attached hydrogens (tertiary/aromatic N) is 4. The van der Waals surface area contributed by atoms with E-state index in [1.165, 1.54) is 11.0 Å². The third kappa shape index (κ3) is 5.45. The molecule has 0 saturated carbocycles. The van der Waals surface area contributed by atoms with Gasteiger partial charge in [0.1, 0.15) is 12.4 Å². The highest BCUT2D eigenvalue weighted by Gasteiger charge is 2.22. The zero-order valence-electron chi connectivity index (χ0n) is 13.8. The molecule has 0 spiro atoms. The molecule has 1 amide bonds. The summed E-state index contributed by atoms with van der Waals surface area (Å²) in [5.74, 6) is -0.587. The normalized spacial score (nSPS) is 12.0. The molecular formula is C16H21N5O3. The molecular weight excluding hydrogens is 310 g/mol. The fraction of sp³-hybridized carbons (Fsp3) is 0.438. The molecule has 0 radical (unpaired) electrons. The van der Waals surface area contributed by atoms with Gasteiger partial charge < -0.3 is 10.1 Å². The van der Waals surface area contributed by atoms with Crippen molar-refractivity contribution in [3.8, 4) is 0 Å². The highest BCUT2D eigenvalue weighted by molar-refractivity contribution is 5.81. The molecule has 1 N–H and O–H groups in total. The minimum atomic E-state index is -0.580. The smallest absolute Gasteiger partial charge is 0.307 e. The number of ether oxygens (including phenoxy) is 1. The quantitative estimate of drug-likeness (QED) is 0.722. The maximum Gasteiger partial charge on any atom is 0.307 e. The second kappa shape index (κ2) is 8.76. The van der Waals surface area contributed by atoms with Gasteiger partial charge in [0.25, 0.3) is 0 Å². The van der Waals surface area contributed by atoms with Crippen molar-refractivity contribution < 1.29 is 14.3 Å². The Balaban J connectivity index is 1.94. The first-order valence-electron chi connectivity index (χ1n) is 7.80. The van der Waals surface area contributed by atoms with E-state index in [-0.39, 0.29) is 30.9 Å². The summed E-state index contributed by atoms with van der Waals surface area (Å²) in [5.41, 5.74) is 0.993.